The van der Waals surface area contributed by atoms with Crippen molar-refractivity contribution >= 4 is 11.6 Å². The van der Waals surface area contributed by atoms with Crippen molar-refractivity contribution in [3.05, 3.63) is 47.5 Å². The van der Waals surface area contributed by atoms with Gasteiger partial charge in [0, 0.05) is 19.6 Å². The molecule has 0 spiro atoms. The molecule has 3 heterocycles. The Kier molecular flexibility index (Phi) is 4.53. The first-order valence-electron chi connectivity index (χ1n) is 9.01. The molecule has 0 aliphatic carbocycles. The predicted molar refractivity (Wildman–Crippen MR) is 93.7 cm³/mol. The van der Waals surface area contributed by atoms with E-state index >= 15 is 0 Å². The summed E-state index contributed by atoms with van der Waals surface area (Å²) < 4.78 is 13.4. The number of aromatic nitrogens is 2. The highest BCUT2D eigenvalue weighted by Crippen LogP contribution is 2.29. The number of H-pyrrole nitrogens is 1. The SMILES string of the molecule is O=C(C1CCCN(Cc2cccc(F)c2)C1)N1CCCc2[nH]ncc21. The standard InChI is InChI=1S/C19H23FN4O/c20-16-6-1-4-14(10-16)12-23-8-2-5-15(13-23)19(25)24-9-3-7-17-18(24)11-21-22-17/h1,4,6,10-11,15H,2-3,5,7-9,12-13H2,(H,21,22). The minimum Gasteiger partial charge on any atom is -0.309 e. The smallest absolute Gasteiger partial charge is 0.231 e. The average molecular weight is 342 g/mol. The van der Waals surface area contributed by atoms with Crippen molar-refractivity contribution in [3.63, 3.8) is 0 Å². The molecule has 1 amide bonds. The van der Waals surface area contributed by atoms with E-state index in [4.69, 9.17) is 0 Å². The van der Waals surface area contributed by atoms with Crippen molar-refractivity contribution in [2.75, 3.05) is 24.5 Å². The molecule has 1 aromatic heterocycles. The number of aromatic amines is 1. The molecule has 1 atom stereocenters. The van der Waals surface area contributed by atoms with Crippen LogP contribution in [0.5, 0.6) is 0 Å². The summed E-state index contributed by atoms with van der Waals surface area (Å²) in [6, 6.07) is 6.72. The van der Waals surface area contributed by atoms with Gasteiger partial charge < -0.3 is 4.90 Å². The zero-order valence-corrected chi connectivity index (χ0v) is 14.2. The highest BCUT2D eigenvalue weighted by Gasteiger charge is 2.32. The minimum absolute atomic E-state index is 0.00293. The van der Waals surface area contributed by atoms with Gasteiger partial charge in [-0.15, -0.1) is 0 Å². The van der Waals surface area contributed by atoms with Crippen LogP contribution >= 0.6 is 0 Å². The molecule has 0 bridgehead atoms. The number of benzene rings is 1. The number of piperidine rings is 1. The molecule has 25 heavy (non-hydrogen) atoms. The number of amides is 1. The lowest BCUT2D eigenvalue weighted by molar-refractivity contribution is -0.124. The zero-order chi connectivity index (χ0) is 17.2. The number of carbonyl (C=O) groups excluding carboxylic acids is 1. The molecule has 4 rings (SSSR count). The predicted octanol–water partition coefficient (Wildman–Crippen LogP) is 2.74. The van der Waals surface area contributed by atoms with Gasteiger partial charge in [-0.2, -0.15) is 5.10 Å². The van der Waals surface area contributed by atoms with Gasteiger partial charge >= 0.3 is 0 Å². The van der Waals surface area contributed by atoms with Crippen molar-refractivity contribution < 1.29 is 9.18 Å². The lowest BCUT2D eigenvalue weighted by Gasteiger charge is -2.36. The van der Waals surface area contributed by atoms with E-state index in [1.807, 2.05) is 11.0 Å². The van der Waals surface area contributed by atoms with Crippen LogP contribution in [-0.4, -0.2) is 40.6 Å². The van der Waals surface area contributed by atoms with Gasteiger partial charge in [-0.3, -0.25) is 14.8 Å². The first-order chi connectivity index (χ1) is 12.2. The Bertz CT molecular complexity index is 759. The lowest BCUT2D eigenvalue weighted by Crippen LogP contribution is -2.46. The van der Waals surface area contributed by atoms with E-state index in [-0.39, 0.29) is 17.6 Å². The van der Waals surface area contributed by atoms with E-state index in [1.165, 1.54) is 6.07 Å². The largest absolute Gasteiger partial charge is 0.309 e. The Balaban J connectivity index is 1.44. The molecule has 0 saturated carbocycles. The van der Waals surface area contributed by atoms with E-state index in [9.17, 15) is 9.18 Å². The molecule has 2 aliphatic rings. The van der Waals surface area contributed by atoms with Gasteiger partial charge in [0.2, 0.25) is 5.91 Å². The van der Waals surface area contributed by atoms with E-state index < -0.39 is 0 Å². The van der Waals surface area contributed by atoms with Gasteiger partial charge in [0.1, 0.15) is 5.82 Å². The Morgan fingerprint density at radius 2 is 2.24 bits per heavy atom. The van der Waals surface area contributed by atoms with Crippen molar-refractivity contribution in [1.29, 1.82) is 0 Å². The molecule has 1 fully saturated rings. The van der Waals surface area contributed by atoms with Gasteiger partial charge in [-0.05, 0) is 49.9 Å². The fraction of sp³-hybridized carbons (Fsp3) is 0.474. The third-order valence-electron chi connectivity index (χ3n) is 5.21. The van der Waals surface area contributed by atoms with Crippen LogP contribution in [0.2, 0.25) is 0 Å². The minimum atomic E-state index is -0.206. The molecule has 0 radical (unpaired) electrons. The maximum absolute atomic E-state index is 13.4. The fourth-order valence-electron chi connectivity index (χ4n) is 4.00. The number of halogens is 1. The summed E-state index contributed by atoms with van der Waals surface area (Å²) >= 11 is 0. The summed E-state index contributed by atoms with van der Waals surface area (Å²) in [7, 11) is 0. The van der Waals surface area contributed by atoms with Crippen LogP contribution in [-0.2, 0) is 17.8 Å². The van der Waals surface area contributed by atoms with Crippen LogP contribution in [0.15, 0.2) is 30.5 Å². The fourth-order valence-corrected chi connectivity index (χ4v) is 4.00. The summed E-state index contributed by atoms with van der Waals surface area (Å²) in [5.74, 6) is -0.00242. The van der Waals surface area contributed by atoms with Gasteiger partial charge in [0.25, 0.3) is 0 Å². The van der Waals surface area contributed by atoms with Gasteiger partial charge in [-0.1, -0.05) is 12.1 Å². The van der Waals surface area contributed by atoms with E-state index in [0.717, 1.165) is 62.3 Å². The molecular formula is C19H23FN4O. The number of hydrogen-bond acceptors (Lipinski definition) is 3. The molecule has 1 unspecified atom stereocenters. The number of hydrogen-bond donors (Lipinski definition) is 1. The molecule has 132 valence electrons. The van der Waals surface area contributed by atoms with Gasteiger partial charge in [-0.25, -0.2) is 4.39 Å². The molecule has 1 saturated heterocycles. The molecule has 2 aliphatic heterocycles. The number of nitrogens with one attached hydrogen (secondary N) is 1. The molecule has 2 aromatic rings. The van der Waals surface area contributed by atoms with Crippen LogP contribution < -0.4 is 4.90 Å². The summed E-state index contributed by atoms with van der Waals surface area (Å²) in [5.41, 5.74) is 2.97. The Morgan fingerprint density at radius 1 is 1.32 bits per heavy atom. The van der Waals surface area contributed by atoms with Crippen LogP contribution in [0.4, 0.5) is 10.1 Å². The Hall–Kier alpha value is -2.21. The quantitative estimate of drug-likeness (QED) is 0.933. The van der Waals surface area contributed by atoms with Crippen molar-refractivity contribution in [2.45, 2.75) is 32.2 Å². The normalized spacial score (nSPS) is 21.2. The summed E-state index contributed by atoms with van der Waals surface area (Å²) in [5, 5.41) is 7.10. The number of likely N-dealkylation sites (tertiary alicyclic amines) is 1. The number of nitrogens with zero attached hydrogens (tertiary/aromatic N) is 3. The highest BCUT2D eigenvalue weighted by atomic mass is 19.1. The topological polar surface area (TPSA) is 52.2 Å². The summed E-state index contributed by atoms with van der Waals surface area (Å²) in [6.45, 7) is 3.15. The second-order valence-electron chi connectivity index (χ2n) is 7.03. The number of rotatable bonds is 3. The average Bonchev–Trinajstić information content (AvgIpc) is 3.10. The zero-order valence-electron chi connectivity index (χ0n) is 14.2. The summed E-state index contributed by atoms with van der Waals surface area (Å²) in [6.07, 6.45) is 5.61. The first-order valence-corrected chi connectivity index (χ1v) is 9.01. The lowest BCUT2D eigenvalue weighted by atomic mass is 9.95. The van der Waals surface area contributed by atoms with Crippen molar-refractivity contribution in [2.24, 2.45) is 5.92 Å². The van der Waals surface area contributed by atoms with E-state index in [2.05, 4.69) is 15.1 Å². The van der Waals surface area contributed by atoms with Crippen LogP contribution in [0.3, 0.4) is 0 Å². The molecule has 6 heteroatoms. The van der Waals surface area contributed by atoms with E-state index in [0.29, 0.717) is 6.54 Å². The number of carbonyl (C=O) groups is 1. The number of aryl methyl sites for hydroxylation is 1. The maximum Gasteiger partial charge on any atom is 0.231 e. The van der Waals surface area contributed by atoms with Gasteiger partial charge in [0.15, 0.2) is 0 Å². The molecule has 1 N–H and O–H groups in total. The third-order valence-corrected chi connectivity index (χ3v) is 5.21. The second kappa shape index (κ2) is 6.96. The Labute approximate surface area is 146 Å². The maximum atomic E-state index is 13.4. The second-order valence-corrected chi connectivity index (χ2v) is 7.03. The highest BCUT2D eigenvalue weighted by molar-refractivity contribution is 5.96. The van der Waals surface area contributed by atoms with Crippen LogP contribution in [0, 0.1) is 11.7 Å². The van der Waals surface area contributed by atoms with E-state index in [1.54, 1.807) is 18.3 Å². The summed E-state index contributed by atoms with van der Waals surface area (Å²) in [4.78, 5) is 17.2. The number of fused-ring (bicyclic) bond motifs is 1. The van der Waals surface area contributed by atoms with Crippen LogP contribution in [0.1, 0.15) is 30.5 Å². The van der Waals surface area contributed by atoms with Crippen molar-refractivity contribution in [3.8, 4) is 0 Å². The van der Waals surface area contributed by atoms with Gasteiger partial charge in [0.05, 0.1) is 23.5 Å². The number of anilines is 1. The monoisotopic (exact) mass is 342 g/mol. The van der Waals surface area contributed by atoms with Crippen LogP contribution in [0.25, 0.3) is 0 Å². The first kappa shape index (κ1) is 16.3. The molecular weight excluding hydrogens is 319 g/mol. The van der Waals surface area contributed by atoms with Crippen molar-refractivity contribution in [1.82, 2.24) is 15.1 Å². The molecule has 1 aromatic carbocycles. The molecule has 5 nitrogen and oxygen atoms in total. The third kappa shape index (κ3) is 3.44. The Morgan fingerprint density at radius 3 is 3.12 bits per heavy atom.